The summed E-state index contributed by atoms with van der Waals surface area (Å²) in [6, 6.07) is 7.35. The highest BCUT2D eigenvalue weighted by Gasteiger charge is 2.18. The minimum absolute atomic E-state index is 0.264. The second kappa shape index (κ2) is 7.03. The normalized spacial score (nSPS) is 14.7. The molecule has 128 valence electrons. The van der Waals surface area contributed by atoms with Crippen LogP contribution in [0, 0.1) is 0 Å². The van der Waals surface area contributed by atoms with Crippen molar-refractivity contribution in [3.63, 3.8) is 0 Å². The van der Waals surface area contributed by atoms with E-state index in [2.05, 4.69) is 36.9 Å². The number of aromatic nitrogens is 2. The molecule has 0 aliphatic heterocycles. The van der Waals surface area contributed by atoms with Gasteiger partial charge in [-0.25, -0.2) is 4.68 Å². The summed E-state index contributed by atoms with van der Waals surface area (Å²) in [7, 11) is -1.05. The zero-order chi connectivity index (χ0) is 17.2. The standard InChI is InChI=1S/C19H26N2O2Si/c1-24(2,3)10-9-23-14-21-13-17(12-20-21)16-8-7-15-5-4-6-19(22)18(15)11-16/h7-8,11-13H,4-6,9-10,14H2,1-3H3. The van der Waals surface area contributed by atoms with Gasteiger partial charge in [0.05, 0.1) is 6.20 Å². The number of hydrogen-bond donors (Lipinski definition) is 0. The van der Waals surface area contributed by atoms with Gasteiger partial charge in [0.25, 0.3) is 0 Å². The molecule has 0 fully saturated rings. The van der Waals surface area contributed by atoms with Crippen molar-refractivity contribution in [1.82, 2.24) is 9.78 Å². The van der Waals surface area contributed by atoms with Gasteiger partial charge >= 0.3 is 0 Å². The van der Waals surface area contributed by atoms with Crippen LogP contribution in [0.3, 0.4) is 0 Å². The lowest BCUT2D eigenvalue weighted by molar-refractivity contribution is 0.0786. The zero-order valence-electron chi connectivity index (χ0n) is 14.8. The molecule has 0 amide bonds. The van der Waals surface area contributed by atoms with Crippen molar-refractivity contribution in [2.45, 2.75) is 51.7 Å². The maximum absolute atomic E-state index is 12.1. The fraction of sp³-hybridized carbons (Fsp3) is 0.474. The average Bonchev–Trinajstić information content (AvgIpc) is 3.00. The van der Waals surface area contributed by atoms with E-state index in [4.69, 9.17) is 4.74 Å². The second-order valence-electron chi connectivity index (χ2n) is 7.77. The zero-order valence-corrected chi connectivity index (χ0v) is 15.8. The van der Waals surface area contributed by atoms with Gasteiger partial charge in [-0.2, -0.15) is 5.10 Å². The highest BCUT2D eigenvalue weighted by Crippen LogP contribution is 2.27. The number of benzene rings is 1. The largest absolute Gasteiger partial charge is 0.360 e. The molecule has 0 spiro atoms. The van der Waals surface area contributed by atoms with Crippen LogP contribution in [0.25, 0.3) is 11.1 Å². The van der Waals surface area contributed by atoms with Crippen molar-refractivity contribution >= 4 is 13.9 Å². The topological polar surface area (TPSA) is 44.1 Å². The molecule has 0 N–H and O–H groups in total. The second-order valence-corrected chi connectivity index (χ2v) is 13.4. The monoisotopic (exact) mass is 342 g/mol. The predicted octanol–water partition coefficient (Wildman–Crippen LogP) is 4.38. The summed E-state index contributed by atoms with van der Waals surface area (Å²) < 4.78 is 7.55. The lowest BCUT2D eigenvalue weighted by Crippen LogP contribution is -2.22. The Morgan fingerprint density at radius 2 is 2.04 bits per heavy atom. The molecular formula is C19H26N2O2Si. The number of rotatable bonds is 6. The maximum atomic E-state index is 12.1. The fourth-order valence-electron chi connectivity index (χ4n) is 2.93. The highest BCUT2D eigenvalue weighted by molar-refractivity contribution is 6.76. The van der Waals surface area contributed by atoms with E-state index in [1.165, 1.54) is 5.56 Å². The minimum atomic E-state index is -1.05. The Labute approximate surface area is 144 Å². The molecule has 1 heterocycles. The van der Waals surface area contributed by atoms with Crippen LogP contribution < -0.4 is 0 Å². The van der Waals surface area contributed by atoms with Crippen LogP contribution in [0.1, 0.15) is 28.8 Å². The number of nitrogens with zero attached hydrogens (tertiary/aromatic N) is 2. The lowest BCUT2D eigenvalue weighted by atomic mass is 9.88. The van der Waals surface area contributed by atoms with E-state index in [9.17, 15) is 4.79 Å². The smallest absolute Gasteiger partial charge is 0.163 e. The molecule has 0 saturated heterocycles. The Morgan fingerprint density at radius 3 is 2.83 bits per heavy atom. The van der Waals surface area contributed by atoms with Crippen molar-refractivity contribution in [3.8, 4) is 11.1 Å². The summed E-state index contributed by atoms with van der Waals surface area (Å²) >= 11 is 0. The summed E-state index contributed by atoms with van der Waals surface area (Å²) in [6.07, 6.45) is 6.48. The Bertz CT molecular complexity index is 731. The molecule has 1 aromatic carbocycles. The predicted molar refractivity (Wildman–Crippen MR) is 99.0 cm³/mol. The van der Waals surface area contributed by atoms with Crippen LogP contribution in [0.5, 0.6) is 0 Å². The van der Waals surface area contributed by atoms with Crippen LogP contribution in [0.4, 0.5) is 0 Å². The number of carbonyl (C=O) groups excluding carboxylic acids is 1. The van der Waals surface area contributed by atoms with Gasteiger partial charge in [-0.15, -0.1) is 0 Å². The molecule has 0 unspecified atom stereocenters. The van der Waals surface area contributed by atoms with Crippen molar-refractivity contribution < 1.29 is 9.53 Å². The number of hydrogen-bond acceptors (Lipinski definition) is 3. The van der Waals surface area contributed by atoms with E-state index < -0.39 is 8.07 Å². The molecule has 1 aliphatic rings. The van der Waals surface area contributed by atoms with Gasteiger partial charge in [0, 0.05) is 38.4 Å². The van der Waals surface area contributed by atoms with Gasteiger partial charge in [-0.1, -0.05) is 31.8 Å². The Morgan fingerprint density at radius 1 is 1.21 bits per heavy atom. The van der Waals surface area contributed by atoms with E-state index in [-0.39, 0.29) is 5.78 Å². The molecule has 0 saturated carbocycles. The molecule has 4 nitrogen and oxygen atoms in total. The van der Waals surface area contributed by atoms with E-state index >= 15 is 0 Å². The third-order valence-electron chi connectivity index (χ3n) is 4.45. The first-order chi connectivity index (χ1) is 11.4. The van der Waals surface area contributed by atoms with Gasteiger partial charge in [0.15, 0.2) is 5.78 Å². The third kappa shape index (κ3) is 4.22. The van der Waals surface area contributed by atoms with Gasteiger partial charge in [-0.05, 0) is 36.1 Å². The number of ether oxygens (including phenoxy) is 1. The van der Waals surface area contributed by atoms with Crippen LogP contribution in [0.2, 0.25) is 25.7 Å². The first-order valence-electron chi connectivity index (χ1n) is 8.69. The average molecular weight is 343 g/mol. The molecule has 5 heteroatoms. The number of aryl methyl sites for hydroxylation is 1. The third-order valence-corrected chi connectivity index (χ3v) is 6.15. The SMILES string of the molecule is C[Si](C)(C)CCOCn1cc(-c2ccc3c(c2)C(=O)CCC3)cn1. The number of carbonyl (C=O) groups is 1. The molecule has 0 atom stereocenters. The van der Waals surface area contributed by atoms with E-state index in [1.54, 1.807) is 0 Å². The maximum Gasteiger partial charge on any atom is 0.163 e. The van der Waals surface area contributed by atoms with E-state index in [1.807, 2.05) is 23.1 Å². The van der Waals surface area contributed by atoms with Crippen molar-refractivity contribution in [3.05, 3.63) is 41.7 Å². The fourth-order valence-corrected chi connectivity index (χ4v) is 3.68. The van der Waals surface area contributed by atoms with Crippen LogP contribution in [0.15, 0.2) is 30.6 Å². The summed E-state index contributed by atoms with van der Waals surface area (Å²) in [5.74, 6) is 0.264. The van der Waals surface area contributed by atoms with Gasteiger partial charge < -0.3 is 4.74 Å². The van der Waals surface area contributed by atoms with Crippen molar-refractivity contribution in [2.24, 2.45) is 0 Å². The Balaban J connectivity index is 1.65. The molecular weight excluding hydrogens is 316 g/mol. The highest BCUT2D eigenvalue weighted by atomic mass is 28.3. The summed E-state index contributed by atoms with van der Waals surface area (Å²) in [6.45, 7) is 8.31. The number of Topliss-reactive ketones (excluding diaryl/α,β-unsaturated/α-hetero) is 1. The van der Waals surface area contributed by atoms with Gasteiger partial charge in [0.1, 0.15) is 6.73 Å². The molecule has 0 radical (unpaired) electrons. The van der Waals surface area contributed by atoms with Crippen LogP contribution in [-0.2, 0) is 17.9 Å². The summed E-state index contributed by atoms with van der Waals surface area (Å²) in [5.41, 5.74) is 4.15. The minimum Gasteiger partial charge on any atom is -0.360 e. The number of ketones is 1. The molecule has 3 rings (SSSR count). The van der Waals surface area contributed by atoms with Crippen molar-refractivity contribution in [2.75, 3.05) is 6.61 Å². The van der Waals surface area contributed by atoms with E-state index in [0.29, 0.717) is 13.2 Å². The lowest BCUT2D eigenvalue weighted by Gasteiger charge is -2.15. The first kappa shape index (κ1) is 17.1. The van der Waals surface area contributed by atoms with Crippen LogP contribution in [-0.4, -0.2) is 30.2 Å². The van der Waals surface area contributed by atoms with E-state index in [0.717, 1.165) is 42.2 Å². The van der Waals surface area contributed by atoms with Crippen molar-refractivity contribution in [1.29, 1.82) is 0 Å². The van der Waals surface area contributed by atoms with Crippen LogP contribution >= 0.6 is 0 Å². The van der Waals surface area contributed by atoms with Gasteiger partial charge in [0.2, 0.25) is 0 Å². The number of fused-ring (bicyclic) bond motifs is 1. The molecule has 1 aliphatic carbocycles. The molecule has 2 aromatic rings. The molecule has 0 bridgehead atoms. The first-order valence-corrected chi connectivity index (χ1v) is 12.4. The van der Waals surface area contributed by atoms with Gasteiger partial charge in [-0.3, -0.25) is 4.79 Å². The quantitative estimate of drug-likeness (QED) is 0.578. The molecule has 24 heavy (non-hydrogen) atoms. The summed E-state index contributed by atoms with van der Waals surface area (Å²) in [5, 5.41) is 4.38. The Kier molecular flexibility index (Phi) is 5.01. The molecule has 1 aromatic heterocycles. The summed E-state index contributed by atoms with van der Waals surface area (Å²) in [4.78, 5) is 12.1. The Hall–Kier alpha value is -1.72.